The second kappa shape index (κ2) is 7.34. The molecule has 2 aromatic heterocycles. The van der Waals surface area contributed by atoms with E-state index in [0.717, 1.165) is 28.2 Å². The Kier molecular flexibility index (Phi) is 4.74. The molecule has 0 aliphatic carbocycles. The summed E-state index contributed by atoms with van der Waals surface area (Å²) in [7, 11) is 1.61. The lowest BCUT2D eigenvalue weighted by Gasteiger charge is -2.06. The average Bonchev–Trinajstić information content (AvgIpc) is 3.28. The molecule has 2 aromatic carbocycles. The lowest BCUT2D eigenvalue weighted by atomic mass is 10.2. The number of hydrogen-bond acceptors (Lipinski definition) is 6. The Morgan fingerprint density at radius 2 is 2.07 bits per heavy atom. The fourth-order valence-electron chi connectivity index (χ4n) is 2.93. The van der Waals surface area contributed by atoms with Gasteiger partial charge in [0.15, 0.2) is 0 Å². The molecule has 0 fully saturated rings. The van der Waals surface area contributed by atoms with Crippen LogP contribution in [0.5, 0.6) is 5.75 Å². The van der Waals surface area contributed by atoms with E-state index in [4.69, 9.17) is 16.3 Å². The first kappa shape index (κ1) is 17.4. The third-order valence-corrected chi connectivity index (χ3v) is 4.41. The van der Waals surface area contributed by atoms with Crippen molar-refractivity contribution in [1.82, 2.24) is 29.8 Å². The molecule has 0 saturated heterocycles. The molecule has 0 saturated carbocycles. The Balaban J connectivity index is 1.66. The fourth-order valence-corrected chi connectivity index (χ4v) is 3.10. The first-order valence-corrected chi connectivity index (χ1v) is 8.73. The van der Waals surface area contributed by atoms with Crippen LogP contribution >= 0.6 is 11.6 Å². The molecule has 0 amide bonds. The van der Waals surface area contributed by atoms with Gasteiger partial charge in [-0.25, -0.2) is 4.98 Å². The monoisotopic (exact) mass is 384 g/mol. The van der Waals surface area contributed by atoms with Gasteiger partial charge in [-0.3, -0.25) is 0 Å². The van der Waals surface area contributed by atoms with Gasteiger partial charge < -0.3 is 14.4 Å². The quantitative estimate of drug-likeness (QED) is 0.549. The molecule has 138 valence electrons. The van der Waals surface area contributed by atoms with Crippen LogP contribution in [-0.4, -0.2) is 48.6 Å². The van der Waals surface area contributed by atoms with Crippen LogP contribution in [-0.2, 0) is 13.1 Å². The van der Waals surface area contributed by atoms with Gasteiger partial charge in [0.1, 0.15) is 18.1 Å². The summed E-state index contributed by atoms with van der Waals surface area (Å²) in [5.74, 6) is 1.95. The number of halogens is 1. The van der Waals surface area contributed by atoms with Gasteiger partial charge in [-0.05, 0) is 35.5 Å². The Morgan fingerprint density at radius 3 is 2.89 bits per heavy atom. The van der Waals surface area contributed by atoms with Crippen molar-refractivity contribution in [1.29, 1.82) is 0 Å². The zero-order valence-electron chi connectivity index (χ0n) is 14.6. The molecule has 4 rings (SSSR count). The van der Waals surface area contributed by atoms with Gasteiger partial charge in [-0.15, -0.1) is 10.2 Å². The molecule has 0 radical (unpaired) electrons. The van der Waals surface area contributed by atoms with Gasteiger partial charge in [0, 0.05) is 17.1 Å². The smallest absolute Gasteiger partial charge is 0.205 e. The van der Waals surface area contributed by atoms with E-state index in [2.05, 4.69) is 20.4 Å². The molecule has 0 unspecified atom stereocenters. The SMILES string of the molecule is COc1cccc(-c2nnn(Cc3nc4ccc(Cl)cc4n3CCO)n2)c1. The number of aromatic nitrogens is 6. The third kappa shape index (κ3) is 3.49. The zero-order valence-corrected chi connectivity index (χ0v) is 15.3. The molecule has 8 nitrogen and oxygen atoms in total. The molecular weight excluding hydrogens is 368 g/mol. The number of ether oxygens (including phenoxy) is 1. The predicted octanol–water partition coefficient (Wildman–Crippen LogP) is 2.39. The minimum atomic E-state index is -0.00911. The number of fused-ring (bicyclic) bond motifs is 1. The summed E-state index contributed by atoms with van der Waals surface area (Å²) in [6.07, 6.45) is 0. The summed E-state index contributed by atoms with van der Waals surface area (Å²) >= 11 is 6.10. The summed E-state index contributed by atoms with van der Waals surface area (Å²) in [6, 6.07) is 13.0. The van der Waals surface area contributed by atoms with Crippen molar-refractivity contribution in [3.8, 4) is 17.1 Å². The van der Waals surface area contributed by atoms with Crippen molar-refractivity contribution in [2.24, 2.45) is 0 Å². The van der Waals surface area contributed by atoms with Gasteiger partial charge in [0.2, 0.25) is 5.82 Å². The van der Waals surface area contributed by atoms with Crippen LogP contribution in [0.4, 0.5) is 0 Å². The van der Waals surface area contributed by atoms with Crippen molar-refractivity contribution in [2.75, 3.05) is 13.7 Å². The highest BCUT2D eigenvalue weighted by molar-refractivity contribution is 6.31. The number of rotatable bonds is 6. The average molecular weight is 385 g/mol. The maximum absolute atomic E-state index is 9.42. The van der Waals surface area contributed by atoms with Gasteiger partial charge in [0.05, 0.1) is 24.8 Å². The first-order chi connectivity index (χ1) is 13.2. The molecule has 2 heterocycles. The van der Waals surface area contributed by atoms with Gasteiger partial charge in [-0.2, -0.15) is 4.80 Å². The van der Waals surface area contributed by atoms with Crippen LogP contribution in [0.1, 0.15) is 5.82 Å². The topological polar surface area (TPSA) is 90.9 Å². The predicted molar refractivity (Wildman–Crippen MR) is 101 cm³/mol. The van der Waals surface area contributed by atoms with Crippen molar-refractivity contribution in [2.45, 2.75) is 13.1 Å². The van der Waals surface area contributed by atoms with Gasteiger partial charge in [-0.1, -0.05) is 23.7 Å². The number of hydrogen-bond donors (Lipinski definition) is 1. The number of nitrogens with zero attached hydrogens (tertiary/aromatic N) is 6. The number of tetrazole rings is 1. The Bertz CT molecular complexity index is 1090. The highest BCUT2D eigenvalue weighted by atomic mass is 35.5. The van der Waals surface area contributed by atoms with Crippen molar-refractivity contribution < 1.29 is 9.84 Å². The molecule has 0 aliphatic rings. The van der Waals surface area contributed by atoms with Gasteiger partial charge in [0.25, 0.3) is 0 Å². The molecule has 9 heteroatoms. The van der Waals surface area contributed by atoms with E-state index in [1.165, 1.54) is 4.80 Å². The van der Waals surface area contributed by atoms with Crippen LogP contribution in [0.3, 0.4) is 0 Å². The molecule has 0 aliphatic heterocycles. The molecule has 0 bridgehead atoms. The van der Waals surface area contributed by atoms with Crippen molar-refractivity contribution in [3.63, 3.8) is 0 Å². The summed E-state index contributed by atoms with van der Waals surface area (Å²) in [5.41, 5.74) is 2.48. The lowest BCUT2D eigenvalue weighted by Crippen LogP contribution is -2.12. The number of imidazole rings is 1. The summed E-state index contributed by atoms with van der Waals surface area (Å²) in [4.78, 5) is 6.10. The normalized spacial score (nSPS) is 11.2. The van der Waals surface area contributed by atoms with E-state index in [1.54, 1.807) is 13.2 Å². The highest BCUT2D eigenvalue weighted by Crippen LogP contribution is 2.22. The van der Waals surface area contributed by atoms with E-state index >= 15 is 0 Å². The minimum Gasteiger partial charge on any atom is -0.497 e. The maximum atomic E-state index is 9.42. The Labute approximate surface area is 160 Å². The molecule has 1 N–H and O–H groups in total. The first-order valence-electron chi connectivity index (χ1n) is 8.35. The van der Waals surface area contributed by atoms with E-state index in [0.29, 0.717) is 23.9 Å². The second-order valence-electron chi connectivity index (χ2n) is 5.91. The van der Waals surface area contributed by atoms with E-state index < -0.39 is 0 Å². The largest absolute Gasteiger partial charge is 0.497 e. The minimum absolute atomic E-state index is 0.00911. The fraction of sp³-hybridized carbons (Fsp3) is 0.222. The zero-order chi connectivity index (χ0) is 18.8. The number of benzene rings is 2. The highest BCUT2D eigenvalue weighted by Gasteiger charge is 2.14. The molecular formula is C18H17ClN6O2. The van der Waals surface area contributed by atoms with Crippen LogP contribution < -0.4 is 4.74 Å². The number of aliphatic hydroxyl groups is 1. The van der Waals surface area contributed by atoms with Crippen LogP contribution in [0.2, 0.25) is 5.02 Å². The van der Waals surface area contributed by atoms with Crippen LogP contribution in [0.25, 0.3) is 22.4 Å². The van der Waals surface area contributed by atoms with Crippen molar-refractivity contribution in [3.05, 3.63) is 53.3 Å². The van der Waals surface area contributed by atoms with E-state index in [1.807, 2.05) is 41.0 Å². The van der Waals surface area contributed by atoms with Crippen LogP contribution in [0.15, 0.2) is 42.5 Å². The van der Waals surface area contributed by atoms with Gasteiger partial charge >= 0.3 is 0 Å². The van der Waals surface area contributed by atoms with Crippen LogP contribution in [0, 0.1) is 0 Å². The molecule has 0 spiro atoms. The molecule has 27 heavy (non-hydrogen) atoms. The Morgan fingerprint density at radius 1 is 1.19 bits per heavy atom. The summed E-state index contributed by atoms with van der Waals surface area (Å²) in [6.45, 7) is 0.720. The van der Waals surface area contributed by atoms with E-state index in [9.17, 15) is 5.11 Å². The Hall–Kier alpha value is -2.97. The summed E-state index contributed by atoms with van der Waals surface area (Å²) < 4.78 is 7.15. The molecule has 0 atom stereocenters. The maximum Gasteiger partial charge on any atom is 0.205 e. The van der Waals surface area contributed by atoms with E-state index in [-0.39, 0.29) is 6.61 Å². The van der Waals surface area contributed by atoms with Crippen molar-refractivity contribution >= 4 is 22.6 Å². The molecule has 4 aromatic rings. The lowest BCUT2D eigenvalue weighted by molar-refractivity contribution is 0.275. The number of methoxy groups -OCH3 is 1. The second-order valence-corrected chi connectivity index (χ2v) is 6.35. The third-order valence-electron chi connectivity index (χ3n) is 4.18. The summed E-state index contributed by atoms with van der Waals surface area (Å²) in [5, 5.41) is 22.7. The standard InChI is InChI=1S/C18H17ClN6O2/c1-27-14-4-2-3-12(9-14)18-21-23-25(22-18)11-17-20-15-6-5-13(19)10-16(15)24(17)7-8-26/h2-6,9-10,26H,7-8,11H2,1H3. The number of aliphatic hydroxyl groups excluding tert-OH is 1.